The van der Waals surface area contributed by atoms with Gasteiger partial charge in [-0.05, 0) is 44.1 Å². The molecule has 0 aromatic heterocycles. The van der Waals surface area contributed by atoms with E-state index in [1.54, 1.807) is 0 Å². The first-order valence-electron chi connectivity index (χ1n) is 10.8. The molecule has 0 amide bonds. The zero-order chi connectivity index (χ0) is 23.8. The van der Waals surface area contributed by atoms with Crippen LogP contribution in [0.3, 0.4) is 0 Å². The van der Waals surface area contributed by atoms with Crippen LogP contribution in [0.5, 0.6) is 0 Å². The lowest BCUT2D eigenvalue weighted by molar-refractivity contribution is -0.401. The molecule has 0 atom stereocenters. The summed E-state index contributed by atoms with van der Waals surface area (Å²) in [6, 6.07) is 17.5. The van der Waals surface area contributed by atoms with Crippen LogP contribution in [0.15, 0.2) is 72.0 Å². The van der Waals surface area contributed by atoms with Crippen LogP contribution in [0, 0.1) is 0 Å². The van der Waals surface area contributed by atoms with Gasteiger partial charge in [-0.3, -0.25) is 12.9 Å². The van der Waals surface area contributed by atoms with Crippen LogP contribution in [0.25, 0.3) is 0 Å². The normalized spacial score (nSPS) is 18.9. The Bertz CT molecular complexity index is 1110. The number of para-hydroxylation sites is 2. The van der Waals surface area contributed by atoms with Gasteiger partial charge in [0, 0.05) is 41.6 Å². The molecule has 0 bridgehead atoms. The number of likely N-dealkylation sites (N-methyl/N-ethyl adjacent to an activating group) is 1. The Balaban J connectivity index is 0.000000714. The molecule has 4 rings (SSSR count). The van der Waals surface area contributed by atoms with E-state index in [4.69, 9.17) is 0 Å². The molecule has 0 saturated carbocycles. The van der Waals surface area contributed by atoms with E-state index in [1.807, 2.05) is 0 Å². The zero-order valence-corrected chi connectivity index (χ0v) is 20.3. The van der Waals surface area contributed by atoms with Crippen molar-refractivity contribution in [1.82, 2.24) is 0 Å². The average Bonchev–Trinajstić information content (AvgIpc) is 3.03. The fourth-order valence-corrected chi connectivity index (χ4v) is 4.99. The predicted octanol–water partition coefficient (Wildman–Crippen LogP) is 3.83. The zero-order valence-electron chi connectivity index (χ0n) is 20.3. The van der Waals surface area contributed by atoms with Gasteiger partial charge in [0.1, 0.15) is 7.05 Å². The quantitative estimate of drug-likeness (QED) is 0.377. The minimum Gasteiger partial charge on any atom is -1.00 e. The topological polar surface area (TPSA) is 6.25 Å². The first-order valence-corrected chi connectivity index (χ1v) is 10.8. The van der Waals surface area contributed by atoms with Gasteiger partial charge < -0.3 is 9.60 Å². The highest BCUT2D eigenvalue weighted by molar-refractivity contribution is 6.33. The van der Waals surface area contributed by atoms with Crippen molar-refractivity contribution < 1.29 is 22.2 Å². The van der Waals surface area contributed by atoms with E-state index in [0.29, 0.717) is 0 Å². The van der Waals surface area contributed by atoms with Gasteiger partial charge in [0.25, 0.3) is 0 Å². The van der Waals surface area contributed by atoms with E-state index >= 15 is 0 Å². The number of benzene rings is 2. The van der Waals surface area contributed by atoms with Gasteiger partial charge in [-0.1, -0.05) is 50.2 Å². The van der Waals surface area contributed by atoms with Crippen LogP contribution >= 0.6 is 0 Å². The molecule has 2 aliphatic rings. The lowest BCUT2D eigenvalue weighted by Gasteiger charge is -2.24. The molecule has 0 saturated heterocycles. The van der Waals surface area contributed by atoms with E-state index in [1.165, 1.54) is 39.5 Å². The molecule has 0 aliphatic carbocycles. The van der Waals surface area contributed by atoms with Crippen molar-refractivity contribution in [1.29, 1.82) is 0 Å². The molecule has 0 radical (unpaired) electrons. The fourth-order valence-electron chi connectivity index (χ4n) is 4.99. The van der Waals surface area contributed by atoms with Crippen molar-refractivity contribution in [3.63, 3.8) is 0 Å². The highest BCUT2D eigenvalue weighted by Gasteiger charge is 2.43. The Morgan fingerprint density at radius 1 is 0.909 bits per heavy atom. The van der Waals surface area contributed by atoms with Crippen LogP contribution in [-0.2, 0) is 10.8 Å². The van der Waals surface area contributed by atoms with Crippen molar-refractivity contribution >= 4 is 24.6 Å². The molecule has 2 aromatic carbocycles. The maximum atomic E-state index is 9.67. The van der Waals surface area contributed by atoms with E-state index in [-0.39, 0.29) is 15.5 Å². The van der Waals surface area contributed by atoms with Crippen molar-refractivity contribution in [2.75, 3.05) is 19.0 Å². The standard InChI is InChI=1S/C26H31N2.BF3.FH/c1-18(16-23-25(2,3)19-12-8-10-14-21(19)27(23)6)17-24-26(4,5)20-13-9-11-15-22(20)28(24)7;2-1(3)4;/h8-17H,1-7H3;;1H/q+1;;/p-1. The van der Waals surface area contributed by atoms with Gasteiger partial charge in [-0.25, -0.2) is 0 Å². The van der Waals surface area contributed by atoms with E-state index in [2.05, 4.69) is 119 Å². The minimum atomic E-state index is -3.67. The Morgan fingerprint density at radius 2 is 1.42 bits per heavy atom. The lowest BCUT2D eigenvalue weighted by Crippen LogP contribution is -3.00. The molecular weight excluding hydrogens is 427 g/mol. The predicted molar refractivity (Wildman–Crippen MR) is 129 cm³/mol. The second-order valence-electron chi connectivity index (χ2n) is 9.45. The summed E-state index contributed by atoms with van der Waals surface area (Å²) in [4.78, 5) is 2.34. The third kappa shape index (κ3) is 4.77. The molecule has 2 nitrogen and oxygen atoms in total. The summed E-state index contributed by atoms with van der Waals surface area (Å²) in [7, 11) is 0.697. The van der Waals surface area contributed by atoms with E-state index in [0.717, 1.165) is 0 Å². The average molecular weight is 458 g/mol. The molecule has 0 spiro atoms. The highest BCUT2D eigenvalue weighted by Crippen LogP contribution is 2.47. The minimum absolute atomic E-state index is 0. The SMILES string of the molecule is CC(=CC1=[N+](C)c2ccccc2C1(C)C)C=C1N(C)c2ccccc2C1(C)C.FB(F)F.[F-]. The van der Waals surface area contributed by atoms with Gasteiger partial charge in [-0.2, -0.15) is 4.58 Å². The number of hydrogen-bond donors (Lipinski definition) is 0. The van der Waals surface area contributed by atoms with Gasteiger partial charge in [-0.15, -0.1) is 0 Å². The van der Waals surface area contributed by atoms with Crippen LogP contribution in [0.2, 0.25) is 0 Å². The summed E-state index contributed by atoms with van der Waals surface area (Å²) in [6.07, 6.45) is 4.72. The summed E-state index contributed by atoms with van der Waals surface area (Å²) in [6.45, 7) is 11.5. The Hall–Kier alpha value is -2.83. The van der Waals surface area contributed by atoms with Gasteiger partial charge in [0.15, 0.2) is 5.71 Å². The molecule has 2 heterocycles. The molecule has 2 aliphatic heterocycles. The van der Waals surface area contributed by atoms with Crippen LogP contribution in [0.1, 0.15) is 45.7 Å². The number of anilines is 1. The third-order valence-electron chi connectivity index (χ3n) is 6.61. The smallest absolute Gasteiger partial charge is 0.762 e. The maximum Gasteiger partial charge on any atom is 0.762 e. The second kappa shape index (κ2) is 9.58. The molecule has 2 aromatic rings. The van der Waals surface area contributed by atoms with Crippen molar-refractivity contribution in [3.05, 3.63) is 83.1 Å². The molecular formula is C26H31BF4N2. The van der Waals surface area contributed by atoms with Gasteiger partial charge in [0.2, 0.25) is 5.69 Å². The van der Waals surface area contributed by atoms with Crippen molar-refractivity contribution in [3.8, 4) is 0 Å². The summed E-state index contributed by atoms with van der Waals surface area (Å²) in [5.41, 5.74) is 9.40. The summed E-state index contributed by atoms with van der Waals surface area (Å²) in [5.74, 6) is 0. The third-order valence-corrected chi connectivity index (χ3v) is 6.61. The fraction of sp³-hybridized carbons (Fsp3) is 0.346. The molecule has 0 N–H and O–H groups in total. The maximum absolute atomic E-state index is 9.67. The Kier molecular flexibility index (Phi) is 7.67. The number of hydrogen-bond acceptors (Lipinski definition) is 1. The van der Waals surface area contributed by atoms with Crippen molar-refractivity contribution in [2.24, 2.45) is 0 Å². The summed E-state index contributed by atoms with van der Waals surface area (Å²) in [5, 5.41) is 0. The van der Waals surface area contributed by atoms with Crippen LogP contribution in [-0.4, -0.2) is 31.9 Å². The number of rotatable bonds is 2. The van der Waals surface area contributed by atoms with E-state index < -0.39 is 7.54 Å². The van der Waals surface area contributed by atoms with Crippen LogP contribution < -0.4 is 9.60 Å². The highest BCUT2D eigenvalue weighted by atomic mass is 19.4. The second-order valence-corrected chi connectivity index (χ2v) is 9.45. The molecule has 7 heteroatoms. The Labute approximate surface area is 194 Å². The number of allylic oxidation sites excluding steroid dienone is 4. The number of fused-ring (bicyclic) bond motifs is 2. The first-order chi connectivity index (χ1) is 14.9. The molecule has 176 valence electrons. The molecule has 0 fully saturated rings. The number of nitrogens with zero attached hydrogens (tertiary/aromatic N) is 2. The Morgan fingerprint density at radius 3 is 1.97 bits per heavy atom. The van der Waals surface area contributed by atoms with E-state index in [9.17, 15) is 12.9 Å². The van der Waals surface area contributed by atoms with Gasteiger partial charge in [0.05, 0.1) is 5.41 Å². The molecule has 0 unspecified atom stereocenters. The largest absolute Gasteiger partial charge is 1.00 e. The summed E-state index contributed by atoms with van der Waals surface area (Å²) >= 11 is 0. The lowest BCUT2D eigenvalue weighted by atomic mass is 9.80. The monoisotopic (exact) mass is 458 g/mol. The summed E-state index contributed by atoms with van der Waals surface area (Å²) < 4.78 is 31.3. The number of halogens is 4. The van der Waals surface area contributed by atoms with Crippen LogP contribution in [0.4, 0.5) is 24.3 Å². The molecule has 33 heavy (non-hydrogen) atoms. The first kappa shape index (κ1) is 26.4. The van der Waals surface area contributed by atoms with Crippen molar-refractivity contribution in [2.45, 2.75) is 45.4 Å². The van der Waals surface area contributed by atoms with Gasteiger partial charge >= 0.3 is 7.54 Å².